The van der Waals surface area contributed by atoms with Gasteiger partial charge in [-0.2, -0.15) is 0 Å². The molecule has 0 fully saturated rings. The Morgan fingerprint density at radius 3 is 1.35 bits per heavy atom. The van der Waals surface area contributed by atoms with Crippen molar-refractivity contribution in [3.63, 3.8) is 0 Å². The monoisotopic (exact) mass is 399 g/mol. The fourth-order valence-corrected chi connectivity index (χ4v) is 5.47. The van der Waals surface area contributed by atoms with Crippen LogP contribution in [0, 0.1) is 0 Å². The molecule has 0 atom stereocenters. The minimum Gasteiger partial charge on any atom is -0.341 e. The largest absolute Gasteiger partial charge is 0.341 e. The lowest BCUT2D eigenvalue weighted by Crippen LogP contribution is -1.95. The fourth-order valence-electron chi connectivity index (χ4n) is 5.47. The molecule has 0 radical (unpaired) electrons. The summed E-state index contributed by atoms with van der Waals surface area (Å²) >= 11 is 0. The van der Waals surface area contributed by atoms with Gasteiger partial charge in [-0.3, -0.25) is 9.59 Å². The van der Waals surface area contributed by atoms with Gasteiger partial charge in [0.05, 0.1) is 0 Å². The van der Waals surface area contributed by atoms with E-state index in [0.29, 0.717) is 0 Å². The van der Waals surface area contributed by atoms with Gasteiger partial charge in [0.25, 0.3) is 0 Å². The van der Waals surface area contributed by atoms with Crippen LogP contribution in [-0.4, -0.2) is 4.57 Å². The molecule has 0 saturated carbocycles. The highest BCUT2D eigenvalue weighted by Gasteiger charge is 2.18. The van der Waals surface area contributed by atoms with Crippen LogP contribution in [0.1, 0.15) is 6.92 Å². The summed E-state index contributed by atoms with van der Waals surface area (Å²) in [6, 6.07) is 24.0. The second kappa shape index (κ2) is 5.58. The highest BCUT2D eigenvalue weighted by molar-refractivity contribution is 6.23. The molecule has 0 spiro atoms. The Morgan fingerprint density at radius 1 is 0.516 bits per heavy atom. The van der Waals surface area contributed by atoms with E-state index in [1.165, 1.54) is 0 Å². The Labute approximate surface area is 176 Å². The number of fused-ring (bicyclic) bond motifs is 9. The van der Waals surface area contributed by atoms with Crippen LogP contribution in [0.2, 0.25) is 0 Å². The molecule has 0 N–H and O–H groups in total. The third-order valence-corrected chi connectivity index (χ3v) is 6.87. The molecular formula is C28H17NO2. The van der Waals surface area contributed by atoms with E-state index in [2.05, 4.69) is 23.6 Å². The maximum Gasteiger partial charge on any atom is 0.194 e. The van der Waals surface area contributed by atoms with Crippen molar-refractivity contribution in [2.45, 2.75) is 13.5 Å². The standard InChI is InChI=1S/C28H17NO2/c1-2-29-25-13-19-15-7-3-5-9-17(15)27(30)23(19)11-21(25)22-12-24-20(14-26(22)29)16-8-4-6-10-18(16)28(24)31/h3-14H,2H2,1H3. The van der Waals surface area contributed by atoms with Crippen molar-refractivity contribution in [1.29, 1.82) is 0 Å². The number of hydrogen-bond acceptors (Lipinski definition) is 2. The lowest BCUT2D eigenvalue weighted by Gasteiger charge is -2.03. The molecule has 146 valence electrons. The van der Waals surface area contributed by atoms with Crippen LogP contribution >= 0.6 is 0 Å². The van der Waals surface area contributed by atoms with Gasteiger partial charge in [0.15, 0.2) is 10.9 Å². The van der Waals surface area contributed by atoms with Gasteiger partial charge in [0, 0.05) is 49.9 Å². The molecule has 0 aliphatic rings. The molecule has 0 saturated heterocycles. The average molecular weight is 399 g/mol. The zero-order valence-electron chi connectivity index (χ0n) is 16.9. The molecule has 7 aromatic rings. The van der Waals surface area contributed by atoms with Crippen LogP contribution < -0.4 is 10.9 Å². The maximum absolute atomic E-state index is 13.1. The van der Waals surface area contributed by atoms with Crippen molar-refractivity contribution in [3.05, 3.63) is 93.2 Å². The second-order valence-corrected chi connectivity index (χ2v) is 8.32. The first-order valence-electron chi connectivity index (χ1n) is 10.6. The second-order valence-electron chi connectivity index (χ2n) is 8.32. The number of rotatable bonds is 1. The van der Waals surface area contributed by atoms with Crippen molar-refractivity contribution < 1.29 is 0 Å². The first-order valence-corrected chi connectivity index (χ1v) is 10.6. The van der Waals surface area contributed by atoms with Gasteiger partial charge < -0.3 is 4.57 Å². The summed E-state index contributed by atoms with van der Waals surface area (Å²) in [5.41, 5.74) is 2.36. The van der Waals surface area contributed by atoms with Gasteiger partial charge in [-0.25, -0.2) is 0 Å². The van der Waals surface area contributed by atoms with Crippen molar-refractivity contribution in [2.75, 3.05) is 0 Å². The van der Waals surface area contributed by atoms with Gasteiger partial charge in [-0.1, -0.05) is 48.5 Å². The molecule has 3 nitrogen and oxygen atoms in total. The van der Waals surface area contributed by atoms with Crippen LogP contribution in [0.3, 0.4) is 0 Å². The number of benzene rings is 4. The lowest BCUT2D eigenvalue weighted by molar-refractivity contribution is 0.828. The van der Waals surface area contributed by atoms with E-state index < -0.39 is 0 Å². The molecule has 1 heterocycles. The smallest absolute Gasteiger partial charge is 0.194 e. The minimum atomic E-state index is 0.0783. The highest BCUT2D eigenvalue weighted by atomic mass is 16.1. The summed E-state index contributed by atoms with van der Waals surface area (Å²) in [5.74, 6) is 0. The van der Waals surface area contributed by atoms with Crippen LogP contribution in [0.5, 0.6) is 0 Å². The topological polar surface area (TPSA) is 39.1 Å². The van der Waals surface area contributed by atoms with E-state index in [0.717, 1.165) is 71.4 Å². The molecule has 1 aromatic heterocycles. The van der Waals surface area contributed by atoms with Crippen LogP contribution in [0.15, 0.2) is 82.4 Å². The summed E-state index contributed by atoms with van der Waals surface area (Å²) in [6.45, 7) is 2.94. The maximum atomic E-state index is 13.1. The average Bonchev–Trinajstić information content (AvgIpc) is 3.38. The van der Waals surface area contributed by atoms with Crippen molar-refractivity contribution in [3.8, 4) is 0 Å². The normalized spacial score (nSPS) is 12.4. The molecule has 0 amide bonds. The number of aryl methyl sites for hydroxylation is 1. The van der Waals surface area contributed by atoms with E-state index in [-0.39, 0.29) is 10.9 Å². The van der Waals surface area contributed by atoms with Gasteiger partial charge in [-0.05, 0) is 52.7 Å². The van der Waals surface area contributed by atoms with Crippen molar-refractivity contribution in [1.82, 2.24) is 4.57 Å². The third kappa shape index (κ3) is 1.94. The minimum absolute atomic E-state index is 0.0783. The van der Waals surface area contributed by atoms with E-state index in [1.807, 2.05) is 60.7 Å². The zero-order valence-corrected chi connectivity index (χ0v) is 16.9. The Balaban J connectivity index is 1.74. The Bertz CT molecular complexity index is 1820. The summed E-state index contributed by atoms with van der Waals surface area (Å²) in [7, 11) is 0. The molecular weight excluding hydrogens is 382 g/mol. The Kier molecular flexibility index (Phi) is 3.02. The molecule has 31 heavy (non-hydrogen) atoms. The molecule has 0 bridgehead atoms. The zero-order chi connectivity index (χ0) is 20.9. The molecule has 7 rings (SSSR count). The summed E-state index contributed by atoms with van der Waals surface area (Å²) in [4.78, 5) is 26.1. The predicted octanol–water partition coefficient (Wildman–Crippen LogP) is 6.02. The SMILES string of the molecule is CCn1c2cc3c(cc2c2cc4c(=O)c5ccccc5c4cc21)c(=O)c1ccccc13. The number of nitrogens with zero attached hydrogens (tertiary/aromatic N) is 1. The van der Waals surface area contributed by atoms with Gasteiger partial charge in [0.1, 0.15) is 0 Å². The Hall–Kier alpha value is -3.98. The summed E-state index contributed by atoms with van der Waals surface area (Å²) in [5, 5.41) is 9.10. The van der Waals surface area contributed by atoms with Gasteiger partial charge in [0.2, 0.25) is 0 Å². The third-order valence-electron chi connectivity index (χ3n) is 6.87. The summed E-state index contributed by atoms with van der Waals surface area (Å²) in [6.07, 6.45) is 0. The quantitative estimate of drug-likeness (QED) is 0.338. The number of aromatic nitrogens is 1. The van der Waals surface area contributed by atoms with Crippen molar-refractivity contribution >= 4 is 64.9 Å². The first kappa shape index (κ1) is 16.8. The molecule has 0 aliphatic carbocycles. The Morgan fingerprint density at radius 2 is 0.935 bits per heavy atom. The van der Waals surface area contributed by atoms with E-state index >= 15 is 0 Å². The van der Waals surface area contributed by atoms with Crippen LogP contribution in [-0.2, 0) is 6.54 Å². The van der Waals surface area contributed by atoms with E-state index in [9.17, 15) is 9.59 Å². The van der Waals surface area contributed by atoms with E-state index in [1.54, 1.807) is 0 Å². The van der Waals surface area contributed by atoms with Gasteiger partial charge >= 0.3 is 0 Å². The van der Waals surface area contributed by atoms with Crippen molar-refractivity contribution in [2.24, 2.45) is 0 Å². The number of hydrogen-bond donors (Lipinski definition) is 0. The molecule has 0 unspecified atom stereocenters. The summed E-state index contributed by atoms with van der Waals surface area (Å²) < 4.78 is 2.29. The van der Waals surface area contributed by atoms with Crippen LogP contribution in [0.4, 0.5) is 0 Å². The molecule has 3 heteroatoms. The first-order chi connectivity index (χ1) is 15.2. The highest BCUT2D eigenvalue weighted by Crippen LogP contribution is 2.37. The van der Waals surface area contributed by atoms with E-state index in [4.69, 9.17) is 0 Å². The fraction of sp³-hybridized carbons (Fsp3) is 0.0714. The lowest BCUT2D eigenvalue weighted by atomic mass is 10.1. The van der Waals surface area contributed by atoms with Gasteiger partial charge in [-0.15, -0.1) is 0 Å². The predicted molar refractivity (Wildman–Crippen MR) is 130 cm³/mol. The molecule has 6 aromatic carbocycles. The van der Waals surface area contributed by atoms with Crippen LogP contribution in [0.25, 0.3) is 64.9 Å². The molecule has 0 aliphatic heterocycles.